The first-order valence-corrected chi connectivity index (χ1v) is 6.96. The predicted octanol–water partition coefficient (Wildman–Crippen LogP) is -0.958. The van der Waals surface area contributed by atoms with Crippen LogP contribution in [0.15, 0.2) is 47.5 Å². The van der Waals surface area contributed by atoms with Crippen LogP contribution >= 0.6 is 0 Å². The topological polar surface area (TPSA) is 72.7 Å². The van der Waals surface area contributed by atoms with Gasteiger partial charge in [-0.2, -0.15) is 0 Å². The Bertz CT molecular complexity index is 733. The Hall–Kier alpha value is -1.76. The Morgan fingerprint density at radius 2 is 1.71 bits per heavy atom. The summed E-state index contributed by atoms with van der Waals surface area (Å²) in [4.78, 5) is 14.7. The molecule has 2 aromatic carbocycles. The summed E-state index contributed by atoms with van der Waals surface area (Å²) in [5, 5.41) is 20.4. The molecule has 0 unspecified atom stereocenters. The Balaban J connectivity index is 0.00000288. The fourth-order valence-corrected chi connectivity index (χ4v) is 2.05. The van der Waals surface area contributed by atoms with Gasteiger partial charge in [0.1, 0.15) is 17.4 Å². The number of aliphatic carboxylic acids is 1. The molecule has 0 bridgehead atoms. The number of aromatic hydroxyl groups is 1. The Kier molecular flexibility index (Phi) is 8.04. The molecule has 0 aliphatic rings. The van der Waals surface area contributed by atoms with Crippen LogP contribution in [0.5, 0.6) is 5.75 Å². The Morgan fingerprint density at radius 1 is 1.08 bits per heavy atom. The van der Waals surface area contributed by atoms with Gasteiger partial charge >= 0.3 is 29.6 Å². The van der Waals surface area contributed by atoms with E-state index in [9.17, 15) is 23.8 Å². The standard InChI is InChI=1S/C17H15F2NO3.Na/c18-12-5-3-11(4-6-12)17(20-9-1-2-16(22)23)14-10-13(19)7-8-15(14)21;/h3-8,10,21H,1-2,9H2,(H,22,23);/q;+1/p-1. The van der Waals surface area contributed by atoms with Crippen LogP contribution in [0.25, 0.3) is 0 Å². The minimum absolute atomic E-state index is 0. The van der Waals surface area contributed by atoms with Crippen molar-refractivity contribution in [2.24, 2.45) is 4.99 Å². The van der Waals surface area contributed by atoms with E-state index in [1.807, 2.05) is 0 Å². The van der Waals surface area contributed by atoms with Crippen LogP contribution < -0.4 is 34.7 Å². The zero-order chi connectivity index (χ0) is 16.8. The molecule has 0 amide bonds. The van der Waals surface area contributed by atoms with E-state index in [-0.39, 0.29) is 66.0 Å². The molecule has 0 aromatic heterocycles. The van der Waals surface area contributed by atoms with Crippen molar-refractivity contribution in [2.45, 2.75) is 12.8 Å². The van der Waals surface area contributed by atoms with E-state index in [1.165, 1.54) is 30.3 Å². The van der Waals surface area contributed by atoms with E-state index in [0.29, 0.717) is 5.56 Å². The number of phenolic OH excluding ortho intramolecular Hbond substituents is 1. The van der Waals surface area contributed by atoms with Crippen LogP contribution in [0.2, 0.25) is 0 Å². The van der Waals surface area contributed by atoms with E-state index in [2.05, 4.69) is 4.99 Å². The number of aliphatic imine (C=N–C) groups is 1. The third-order valence-electron chi connectivity index (χ3n) is 3.14. The molecule has 4 nitrogen and oxygen atoms in total. The molecule has 0 aliphatic heterocycles. The third kappa shape index (κ3) is 5.70. The SMILES string of the molecule is O=C([O-])CCCN=C(c1ccc(F)cc1)c1cc(F)ccc1O.[Na+]. The largest absolute Gasteiger partial charge is 1.00 e. The van der Waals surface area contributed by atoms with Crippen LogP contribution in [0.1, 0.15) is 24.0 Å². The maximum atomic E-state index is 13.5. The summed E-state index contributed by atoms with van der Waals surface area (Å²) in [5.74, 6) is -2.35. The molecule has 24 heavy (non-hydrogen) atoms. The van der Waals surface area contributed by atoms with Crippen LogP contribution in [0, 0.1) is 11.6 Å². The van der Waals surface area contributed by atoms with Crippen molar-refractivity contribution in [3.8, 4) is 5.75 Å². The Morgan fingerprint density at radius 3 is 2.33 bits per heavy atom. The van der Waals surface area contributed by atoms with Gasteiger partial charge in [0.15, 0.2) is 0 Å². The van der Waals surface area contributed by atoms with Gasteiger partial charge < -0.3 is 15.0 Å². The summed E-state index contributed by atoms with van der Waals surface area (Å²) in [7, 11) is 0. The molecular formula is C17H14F2NNaO3. The van der Waals surface area contributed by atoms with Gasteiger partial charge in [-0.05, 0) is 55.3 Å². The molecule has 0 saturated heterocycles. The van der Waals surface area contributed by atoms with E-state index < -0.39 is 17.6 Å². The number of hydrogen-bond donors (Lipinski definition) is 1. The zero-order valence-corrected chi connectivity index (χ0v) is 15.1. The smallest absolute Gasteiger partial charge is 0.550 e. The molecule has 0 saturated carbocycles. The van der Waals surface area contributed by atoms with E-state index >= 15 is 0 Å². The van der Waals surface area contributed by atoms with Gasteiger partial charge in [-0.15, -0.1) is 0 Å². The van der Waals surface area contributed by atoms with Crippen molar-refractivity contribution in [2.75, 3.05) is 6.54 Å². The molecule has 0 fully saturated rings. The van der Waals surface area contributed by atoms with Crippen molar-refractivity contribution >= 4 is 11.7 Å². The van der Waals surface area contributed by atoms with E-state index in [0.717, 1.165) is 12.1 Å². The number of nitrogens with zero attached hydrogens (tertiary/aromatic N) is 1. The first kappa shape index (κ1) is 20.3. The maximum absolute atomic E-state index is 13.5. The van der Waals surface area contributed by atoms with Crippen molar-refractivity contribution < 1.29 is 53.3 Å². The molecular weight excluding hydrogens is 327 g/mol. The van der Waals surface area contributed by atoms with Crippen LogP contribution in [0.4, 0.5) is 8.78 Å². The molecule has 1 N–H and O–H groups in total. The third-order valence-corrected chi connectivity index (χ3v) is 3.14. The summed E-state index contributed by atoms with van der Waals surface area (Å²) in [6, 6.07) is 8.79. The number of carboxylic acids is 1. The van der Waals surface area contributed by atoms with Gasteiger partial charge in [-0.25, -0.2) is 8.78 Å². The number of phenols is 1. The number of rotatable bonds is 6. The number of hydrogen-bond acceptors (Lipinski definition) is 4. The first-order chi connectivity index (χ1) is 11.0. The number of benzene rings is 2. The number of carbonyl (C=O) groups excluding carboxylic acids is 1. The van der Waals surface area contributed by atoms with Gasteiger partial charge in [0, 0.05) is 23.6 Å². The summed E-state index contributed by atoms with van der Waals surface area (Å²) < 4.78 is 26.5. The summed E-state index contributed by atoms with van der Waals surface area (Å²) in [5.41, 5.74) is 0.908. The molecule has 120 valence electrons. The quantitative estimate of drug-likeness (QED) is 0.418. The summed E-state index contributed by atoms with van der Waals surface area (Å²) >= 11 is 0. The van der Waals surface area contributed by atoms with Gasteiger partial charge in [0.25, 0.3) is 0 Å². The fourth-order valence-electron chi connectivity index (χ4n) is 2.05. The number of halogens is 2. The second-order valence-corrected chi connectivity index (χ2v) is 4.87. The molecule has 0 heterocycles. The molecule has 2 aromatic rings. The van der Waals surface area contributed by atoms with Crippen LogP contribution in [0.3, 0.4) is 0 Å². The molecule has 7 heteroatoms. The van der Waals surface area contributed by atoms with Crippen LogP contribution in [-0.4, -0.2) is 23.3 Å². The number of carboxylic acid groups (broad SMARTS) is 1. The fraction of sp³-hybridized carbons (Fsp3) is 0.176. The summed E-state index contributed by atoms with van der Waals surface area (Å²) in [6.07, 6.45) is 0.0818. The van der Waals surface area contributed by atoms with Crippen LogP contribution in [-0.2, 0) is 4.79 Å². The molecule has 2 rings (SSSR count). The monoisotopic (exact) mass is 341 g/mol. The van der Waals surface area contributed by atoms with Crippen molar-refractivity contribution in [3.63, 3.8) is 0 Å². The van der Waals surface area contributed by atoms with Gasteiger partial charge in [-0.3, -0.25) is 4.99 Å². The van der Waals surface area contributed by atoms with Gasteiger partial charge in [-0.1, -0.05) is 0 Å². The van der Waals surface area contributed by atoms with Crippen molar-refractivity contribution in [3.05, 3.63) is 65.2 Å². The minimum atomic E-state index is -1.18. The maximum Gasteiger partial charge on any atom is 1.00 e. The summed E-state index contributed by atoms with van der Waals surface area (Å²) in [6.45, 7) is 0.149. The zero-order valence-electron chi connectivity index (χ0n) is 13.1. The molecule has 0 atom stereocenters. The average Bonchev–Trinajstić information content (AvgIpc) is 2.51. The average molecular weight is 341 g/mol. The normalized spacial score (nSPS) is 11.0. The minimum Gasteiger partial charge on any atom is -0.550 e. The Labute approximate surface area is 160 Å². The second-order valence-electron chi connectivity index (χ2n) is 4.87. The number of carbonyl (C=O) groups is 1. The van der Waals surface area contributed by atoms with Gasteiger partial charge in [0.2, 0.25) is 0 Å². The second kappa shape index (κ2) is 9.52. The van der Waals surface area contributed by atoms with E-state index in [1.54, 1.807) is 0 Å². The first-order valence-electron chi connectivity index (χ1n) is 6.96. The predicted molar refractivity (Wildman–Crippen MR) is 79.2 cm³/mol. The molecule has 0 radical (unpaired) electrons. The van der Waals surface area contributed by atoms with E-state index in [4.69, 9.17) is 0 Å². The molecule has 0 aliphatic carbocycles. The molecule has 0 spiro atoms. The van der Waals surface area contributed by atoms with Crippen molar-refractivity contribution in [1.82, 2.24) is 0 Å². The van der Waals surface area contributed by atoms with Gasteiger partial charge in [0.05, 0.1) is 5.71 Å². The van der Waals surface area contributed by atoms with Crippen molar-refractivity contribution in [1.29, 1.82) is 0 Å².